The molecular formula is C20H31N5O3. The molecule has 0 fully saturated rings. The number of unbranched alkanes of at least 4 members (excludes halogenated alkanes) is 1. The SMILES string of the molecule is CC(C)(C)C(NC(=O)c1nn(CCCCN)c2ccccc12)C(=O)NCCO. The van der Waals surface area contributed by atoms with Gasteiger partial charge in [0.05, 0.1) is 12.1 Å². The molecule has 8 heteroatoms. The van der Waals surface area contributed by atoms with Gasteiger partial charge in [-0.05, 0) is 30.9 Å². The molecule has 0 aliphatic heterocycles. The summed E-state index contributed by atoms with van der Waals surface area (Å²) in [5.74, 6) is -0.727. The normalized spacial score (nSPS) is 12.8. The third kappa shape index (κ3) is 5.30. The van der Waals surface area contributed by atoms with Crippen molar-refractivity contribution in [2.75, 3.05) is 19.7 Å². The van der Waals surface area contributed by atoms with Crippen LogP contribution in [0.4, 0.5) is 0 Å². The van der Waals surface area contributed by atoms with E-state index >= 15 is 0 Å². The van der Waals surface area contributed by atoms with Crippen LogP contribution >= 0.6 is 0 Å². The zero-order valence-corrected chi connectivity index (χ0v) is 16.9. The first-order valence-corrected chi connectivity index (χ1v) is 9.64. The second kappa shape index (κ2) is 9.66. The summed E-state index contributed by atoms with van der Waals surface area (Å²) in [6.45, 7) is 6.89. The number of amides is 2. The molecule has 0 aliphatic carbocycles. The summed E-state index contributed by atoms with van der Waals surface area (Å²) in [5, 5.41) is 19.7. The van der Waals surface area contributed by atoms with Crippen molar-refractivity contribution in [3.63, 3.8) is 0 Å². The van der Waals surface area contributed by atoms with Crippen molar-refractivity contribution in [2.24, 2.45) is 11.1 Å². The Morgan fingerprint density at radius 2 is 1.96 bits per heavy atom. The Balaban J connectivity index is 2.29. The van der Waals surface area contributed by atoms with Crippen LogP contribution < -0.4 is 16.4 Å². The lowest BCUT2D eigenvalue weighted by molar-refractivity contribution is -0.125. The van der Waals surface area contributed by atoms with E-state index in [-0.39, 0.29) is 19.1 Å². The van der Waals surface area contributed by atoms with E-state index in [0.29, 0.717) is 18.8 Å². The van der Waals surface area contributed by atoms with Crippen LogP contribution in [0.5, 0.6) is 0 Å². The molecule has 0 radical (unpaired) electrons. The Hall–Kier alpha value is -2.45. The summed E-state index contributed by atoms with van der Waals surface area (Å²) in [6.07, 6.45) is 1.75. The number of carbonyl (C=O) groups is 2. The fourth-order valence-electron chi connectivity index (χ4n) is 3.03. The fraction of sp³-hybridized carbons (Fsp3) is 0.550. The Morgan fingerprint density at radius 3 is 2.61 bits per heavy atom. The predicted octanol–water partition coefficient (Wildman–Crippen LogP) is 1.03. The highest BCUT2D eigenvalue weighted by Gasteiger charge is 2.33. The summed E-state index contributed by atoms with van der Waals surface area (Å²) in [5.41, 5.74) is 6.24. The van der Waals surface area contributed by atoms with Gasteiger partial charge < -0.3 is 21.5 Å². The van der Waals surface area contributed by atoms with Gasteiger partial charge in [-0.3, -0.25) is 14.3 Å². The van der Waals surface area contributed by atoms with Crippen molar-refractivity contribution in [3.8, 4) is 0 Å². The molecule has 5 N–H and O–H groups in total. The van der Waals surface area contributed by atoms with Gasteiger partial charge in [-0.15, -0.1) is 0 Å². The van der Waals surface area contributed by atoms with Crippen LogP contribution in [0.1, 0.15) is 44.1 Å². The van der Waals surface area contributed by atoms with Gasteiger partial charge in [-0.25, -0.2) is 0 Å². The number of benzene rings is 1. The van der Waals surface area contributed by atoms with Gasteiger partial charge in [0.2, 0.25) is 5.91 Å². The van der Waals surface area contributed by atoms with E-state index in [0.717, 1.165) is 23.7 Å². The van der Waals surface area contributed by atoms with Crippen molar-refractivity contribution >= 4 is 22.7 Å². The highest BCUT2D eigenvalue weighted by molar-refractivity contribution is 6.06. The van der Waals surface area contributed by atoms with E-state index in [9.17, 15) is 9.59 Å². The maximum absolute atomic E-state index is 13.0. The maximum atomic E-state index is 13.0. The van der Waals surface area contributed by atoms with Gasteiger partial charge in [0, 0.05) is 18.5 Å². The van der Waals surface area contributed by atoms with E-state index in [4.69, 9.17) is 10.8 Å². The summed E-state index contributed by atoms with van der Waals surface area (Å²) < 4.78 is 1.82. The molecule has 0 bridgehead atoms. The van der Waals surface area contributed by atoms with Crippen LogP contribution in [0.3, 0.4) is 0 Å². The van der Waals surface area contributed by atoms with E-state index in [1.54, 1.807) is 0 Å². The van der Waals surface area contributed by atoms with Crippen molar-refractivity contribution in [1.82, 2.24) is 20.4 Å². The second-order valence-electron chi connectivity index (χ2n) is 7.87. The number of aryl methyl sites for hydroxylation is 1. The molecule has 0 saturated carbocycles. The number of para-hydroxylation sites is 1. The number of nitrogens with two attached hydrogens (primary N) is 1. The van der Waals surface area contributed by atoms with Gasteiger partial charge in [-0.1, -0.05) is 39.0 Å². The Labute approximate surface area is 165 Å². The number of nitrogens with zero attached hydrogens (tertiary/aromatic N) is 2. The van der Waals surface area contributed by atoms with Crippen molar-refractivity contribution in [2.45, 2.75) is 46.2 Å². The molecule has 0 saturated heterocycles. The highest BCUT2D eigenvalue weighted by atomic mass is 16.3. The van der Waals surface area contributed by atoms with Crippen molar-refractivity contribution < 1.29 is 14.7 Å². The number of fused-ring (bicyclic) bond motifs is 1. The zero-order chi connectivity index (χ0) is 20.7. The fourth-order valence-corrected chi connectivity index (χ4v) is 3.03. The Morgan fingerprint density at radius 1 is 1.25 bits per heavy atom. The van der Waals surface area contributed by atoms with Crippen LogP contribution in [0, 0.1) is 5.41 Å². The zero-order valence-electron chi connectivity index (χ0n) is 16.9. The molecule has 0 aliphatic rings. The van der Waals surface area contributed by atoms with Gasteiger partial charge in [0.1, 0.15) is 6.04 Å². The summed E-state index contributed by atoms with van der Waals surface area (Å²) in [6, 6.07) is 6.80. The van der Waals surface area contributed by atoms with Crippen LogP contribution in [0.2, 0.25) is 0 Å². The van der Waals surface area contributed by atoms with Gasteiger partial charge in [0.15, 0.2) is 5.69 Å². The lowest BCUT2D eigenvalue weighted by Crippen LogP contribution is -2.54. The summed E-state index contributed by atoms with van der Waals surface area (Å²) >= 11 is 0. The molecule has 1 heterocycles. The number of carbonyl (C=O) groups excluding carboxylic acids is 2. The van der Waals surface area contributed by atoms with Crippen LogP contribution in [-0.2, 0) is 11.3 Å². The van der Waals surface area contributed by atoms with Crippen LogP contribution in [0.25, 0.3) is 10.9 Å². The largest absolute Gasteiger partial charge is 0.395 e. The highest BCUT2D eigenvalue weighted by Crippen LogP contribution is 2.22. The lowest BCUT2D eigenvalue weighted by atomic mass is 9.86. The Kier molecular flexibility index (Phi) is 7.53. The molecule has 28 heavy (non-hydrogen) atoms. The van der Waals surface area contributed by atoms with E-state index < -0.39 is 17.4 Å². The van der Waals surface area contributed by atoms with Crippen molar-refractivity contribution in [3.05, 3.63) is 30.0 Å². The molecule has 154 valence electrons. The maximum Gasteiger partial charge on any atom is 0.273 e. The lowest BCUT2D eigenvalue weighted by Gasteiger charge is -2.30. The minimum absolute atomic E-state index is 0.139. The average Bonchev–Trinajstić information content (AvgIpc) is 3.02. The number of hydrogen-bond acceptors (Lipinski definition) is 5. The molecular weight excluding hydrogens is 358 g/mol. The molecule has 1 unspecified atom stereocenters. The number of aliphatic hydroxyl groups excluding tert-OH is 1. The number of aliphatic hydroxyl groups is 1. The summed E-state index contributed by atoms with van der Waals surface area (Å²) in [7, 11) is 0. The average molecular weight is 390 g/mol. The monoisotopic (exact) mass is 389 g/mol. The Bertz CT molecular complexity index is 810. The smallest absolute Gasteiger partial charge is 0.273 e. The topological polar surface area (TPSA) is 122 Å². The minimum Gasteiger partial charge on any atom is -0.395 e. The van der Waals surface area contributed by atoms with Crippen molar-refractivity contribution in [1.29, 1.82) is 0 Å². The molecule has 2 rings (SSSR count). The quantitative estimate of drug-likeness (QED) is 0.477. The predicted molar refractivity (Wildman–Crippen MR) is 109 cm³/mol. The standard InChI is InChI=1S/C20H31N5O3/c1-20(2,3)17(19(28)22-11-13-26)23-18(27)16-14-8-4-5-9-15(14)25(24-16)12-7-6-10-21/h4-5,8-9,17,26H,6-7,10-13,21H2,1-3H3,(H,22,28)(H,23,27). The molecule has 8 nitrogen and oxygen atoms in total. The third-order valence-corrected chi connectivity index (χ3v) is 4.51. The number of nitrogens with one attached hydrogen (secondary N) is 2. The van der Waals surface area contributed by atoms with Gasteiger partial charge >= 0.3 is 0 Å². The van der Waals surface area contributed by atoms with E-state index in [1.807, 2.05) is 49.7 Å². The first-order valence-electron chi connectivity index (χ1n) is 9.64. The molecule has 1 aromatic carbocycles. The second-order valence-corrected chi connectivity index (χ2v) is 7.87. The third-order valence-electron chi connectivity index (χ3n) is 4.51. The summed E-state index contributed by atoms with van der Waals surface area (Å²) in [4.78, 5) is 25.5. The molecule has 0 spiro atoms. The van der Waals surface area contributed by atoms with E-state index in [1.165, 1.54) is 0 Å². The number of aromatic nitrogens is 2. The first-order chi connectivity index (χ1) is 13.3. The van der Waals surface area contributed by atoms with Crippen LogP contribution in [0.15, 0.2) is 24.3 Å². The molecule has 1 atom stereocenters. The molecule has 2 amide bonds. The number of hydrogen-bond donors (Lipinski definition) is 4. The van der Waals surface area contributed by atoms with Gasteiger partial charge in [-0.2, -0.15) is 5.10 Å². The molecule has 1 aromatic heterocycles. The number of rotatable bonds is 9. The van der Waals surface area contributed by atoms with Crippen LogP contribution in [-0.4, -0.2) is 52.4 Å². The van der Waals surface area contributed by atoms with Gasteiger partial charge in [0.25, 0.3) is 5.91 Å². The molecule has 2 aromatic rings. The minimum atomic E-state index is -0.757. The van der Waals surface area contributed by atoms with E-state index in [2.05, 4.69) is 15.7 Å². The first kappa shape index (κ1) is 21.8.